The smallest absolute Gasteiger partial charge is 0.225 e. The molecule has 2 atom stereocenters. The second kappa shape index (κ2) is 3.22. The molecule has 1 spiro atoms. The van der Waals surface area contributed by atoms with Crippen LogP contribution >= 0.6 is 0 Å². The molecule has 16 heavy (non-hydrogen) atoms. The lowest BCUT2D eigenvalue weighted by molar-refractivity contribution is -0.154. The molecule has 0 aromatic heterocycles. The zero-order valence-electron chi connectivity index (χ0n) is 10.3. The monoisotopic (exact) mass is 223 g/mol. The first kappa shape index (κ1) is 10.6. The summed E-state index contributed by atoms with van der Waals surface area (Å²) < 4.78 is 6.10. The van der Waals surface area contributed by atoms with Crippen LogP contribution in [0, 0.1) is 5.92 Å². The van der Waals surface area contributed by atoms with Crippen LogP contribution in [0.1, 0.15) is 52.4 Å². The van der Waals surface area contributed by atoms with Gasteiger partial charge in [-0.1, -0.05) is 13.3 Å². The van der Waals surface area contributed by atoms with Gasteiger partial charge in [0.2, 0.25) is 5.91 Å². The van der Waals surface area contributed by atoms with Gasteiger partial charge in [0, 0.05) is 6.42 Å². The molecule has 1 amide bonds. The van der Waals surface area contributed by atoms with Crippen molar-refractivity contribution in [3.63, 3.8) is 0 Å². The van der Waals surface area contributed by atoms with Crippen molar-refractivity contribution in [1.82, 2.24) is 4.90 Å². The number of carbonyl (C=O) groups excluding carboxylic acids is 1. The van der Waals surface area contributed by atoms with Crippen molar-refractivity contribution in [3.8, 4) is 0 Å². The summed E-state index contributed by atoms with van der Waals surface area (Å²) in [6.07, 6.45) is 6.49. The van der Waals surface area contributed by atoms with Crippen LogP contribution < -0.4 is 0 Å². The molecule has 1 saturated carbocycles. The largest absolute Gasteiger partial charge is 0.353 e. The van der Waals surface area contributed by atoms with E-state index in [4.69, 9.17) is 4.74 Å². The SMILES string of the molecule is C[C@H]1CC(=O)N2C3(CCCCC3)OC[C@]12C. The maximum Gasteiger partial charge on any atom is 0.225 e. The van der Waals surface area contributed by atoms with Crippen LogP contribution in [0.4, 0.5) is 0 Å². The first-order valence-corrected chi connectivity index (χ1v) is 6.56. The van der Waals surface area contributed by atoms with Crippen molar-refractivity contribution in [2.45, 2.75) is 63.6 Å². The minimum Gasteiger partial charge on any atom is -0.353 e. The predicted molar refractivity (Wildman–Crippen MR) is 60.8 cm³/mol. The normalized spacial score (nSPS) is 41.8. The van der Waals surface area contributed by atoms with Crippen LogP contribution in [-0.2, 0) is 9.53 Å². The van der Waals surface area contributed by atoms with E-state index in [9.17, 15) is 4.79 Å². The molecule has 90 valence electrons. The molecule has 1 aliphatic carbocycles. The van der Waals surface area contributed by atoms with Crippen molar-refractivity contribution in [2.24, 2.45) is 5.92 Å². The molecule has 0 N–H and O–H groups in total. The highest BCUT2D eigenvalue weighted by Crippen LogP contribution is 2.51. The van der Waals surface area contributed by atoms with E-state index in [-0.39, 0.29) is 11.3 Å². The molecule has 0 unspecified atom stereocenters. The zero-order chi connectivity index (χ0) is 11.4. The maximum absolute atomic E-state index is 12.2. The lowest BCUT2D eigenvalue weighted by Gasteiger charge is -2.42. The second-order valence-electron chi connectivity index (χ2n) is 5.99. The van der Waals surface area contributed by atoms with E-state index in [1.54, 1.807) is 0 Å². The van der Waals surface area contributed by atoms with Crippen LogP contribution in [0.5, 0.6) is 0 Å². The van der Waals surface area contributed by atoms with Crippen molar-refractivity contribution >= 4 is 5.91 Å². The molecule has 3 fully saturated rings. The summed E-state index contributed by atoms with van der Waals surface area (Å²) in [5.41, 5.74) is -0.261. The van der Waals surface area contributed by atoms with Crippen molar-refractivity contribution in [1.29, 1.82) is 0 Å². The summed E-state index contributed by atoms with van der Waals surface area (Å²) in [6.45, 7) is 5.12. The minimum atomic E-state index is -0.227. The molecular weight excluding hydrogens is 202 g/mol. The van der Waals surface area contributed by atoms with Gasteiger partial charge in [0.05, 0.1) is 12.1 Å². The molecule has 3 heteroatoms. The first-order chi connectivity index (χ1) is 7.58. The molecule has 3 nitrogen and oxygen atoms in total. The Bertz CT molecular complexity index is 322. The molecule has 2 heterocycles. The number of hydrogen-bond donors (Lipinski definition) is 0. The number of ether oxygens (including phenoxy) is 1. The highest BCUT2D eigenvalue weighted by molar-refractivity contribution is 5.81. The number of rotatable bonds is 0. The van der Waals surface area contributed by atoms with Gasteiger partial charge in [-0.2, -0.15) is 0 Å². The topological polar surface area (TPSA) is 29.5 Å². The van der Waals surface area contributed by atoms with E-state index in [1.165, 1.54) is 19.3 Å². The Kier molecular flexibility index (Phi) is 2.13. The highest BCUT2D eigenvalue weighted by Gasteiger charge is 2.61. The fourth-order valence-corrected chi connectivity index (χ4v) is 3.80. The van der Waals surface area contributed by atoms with Crippen LogP contribution in [0.25, 0.3) is 0 Å². The van der Waals surface area contributed by atoms with E-state index in [2.05, 4.69) is 18.7 Å². The third-order valence-electron chi connectivity index (χ3n) is 4.98. The van der Waals surface area contributed by atoms with Gasteiger partial charge in [0.1, 0.15) is 5.72 Å². The van der Waals surface area contributed by atoms with Crippen molar-refractivity contribution < 1.29 is 9.53 Å². The van der Waals surface area contributed by atoms with E-state index < -0.39 is 0 Å². The molecule has 0 aromatic rings. The number of nitrogens with zero attached hydrogens (tertiary/aromatic N) is 1. The Morgan fingerprint density at radius 1 is 1.31 bits per heavy atom. The number of amides is 1. The van der Waals surface area contributed by atoms with E-state index >= 15 is 0 Å². The van der Waals surface area contributed by atoms with Crippen molar-refractivity contribution in [3.05, 3.63) is 0 Å². The lowest BCUT2D eigenvalue weighted by atomic mass is 9.86. The Labute approximate surface area is 97.1 Å². The summed E-state index contributed by atoms with van der Waals surface area (Å²) in [4.78, 5) is 14.3. The van der Waals surface area contributed by atoms with Crippen LogP contribution in [0.15, 0.2) is 0 Å². The fourth-order valence-electron chi connectivity index (χ4n) is 3.80. The Morgan fingerprint density at radius 2 is 2.00 bits per heavy atom. The first-order valence-electron chi connectivity index (χ1n) is 6.56. The highest BCUT2D eigenvalue weighted by atomic mass is 16.5. The maximum atomic E-state index is 12.2. The van der Waals surface area contributed by atoms with E-state index in [1.807, 2.05) is 0 Å². The summed E-state index contributed by atoms with van der Waals surface area (Å²) in [7, 11) is 0. The fraction of sp³-hybridized carbons (Fsp3) is 0.923. The number of carbonyl (C=O) groups is 1. The third-order valence-corrected chi connectivity index (χ3v) is 4.98. The second-order valence-corrected chi connectivity index (χ2v) is 5.99. The van der Waals surface area contributed by atoms with Gasteiger partial charge >= 0.3 is 0 Å². The van der Waals surface area contributed by atoms with Crippen LogP contribution in [0.2, 0.25) is 0 Å². The molecule has 2 saturated heterocycles. The van der Waals surface area contributed by atoms with Gasteiger partial charge in [0.15, 0.2) is 0 Å². The Balaban J connectivity index is 1.97. The molecule has 0 radical (unpaired) electrons. The molecule has 3 rings (SSSR count). The lowest BCUT2D eigenvalue weighted by Crippen LogP contribution is -2.54. The van der Waals surface area contributed by atoms with Crippen molar-refractivity contribution in [2.75, 3.05) is 6.61 Å². The molecular formula is C13H21NO2. The Morgan fingerprint density at radius 3 is 2.69 bits per heavy atom. The van der Waals surface area contributed by atoms with E-state index in [0.29, 0.717) is 18.2 Å². The average molecular weight is 223 g/mol. The molecule has 3 aliphatic rings. The molecule has 2 aliphatic heterocycles. The Hall–Kier alpha value is -0.570. The summed E-state index contributed by atoms with van der Waals surface area (Å²) in [6, 6.07) is 0. The number of hydrogen-bond acceptors (Lipinski definition) is 2. The predicted octanol–water partition coefficient (Wildman–Crippen LogP) is 2.30. The van der Waals surface area contributed by atoms with Gasteiger partial charge in [-0.3, -0.25) is 4.79 Å². The summed E-state index contributed by atoms with van der Waals surface area (Å²) in [5.74, 6) is 0.746. The van der Waals surface area contributed by atoms with Gasteiger partial charge in [-0.05, 0) is 38.5 Å². The minimum absolute atomic E-state index is 0.0333. The number of fused-ring (bicyclic) bond motifs is 2. The molecule has 0 bridgehead atoms. The third kappa shape index (κ3) is 1.15. The van der Waals surface area contributed by atoms with Crippen LogP contribution in [-0.4, -0.2) is 28.7 Å². The zero-order valence-corrected chi connectivity index (χ0v) is 10.3. The van der Waals surface area contributed by atoms with Gasteiger partial charge in [0.25, 0.3) is 0 Å². The standard InChI is InChI=1S/C13H21NO2/c1-10-8-11(15)14-12(10,2)9-16-13(14)6-4-3-5-7-13/h10H,3-9H2,1-2H3/t10-,12+/m0/s1. The van der Waals surface area contributed by atoms with Gasteiger partial charge in [-0.15, -0.1) is 0 Å². The van der Waals surface area contributed by atoms with E-state index in [0.717, 1.165) is 19.4 Å². The quantitative estimate of drug-likeness (QED) is 0.630. The summed E-state index contributed by atoms with van der Waals surface area (Å²) >= 11 is 0. The van der Waals surface area contributed by atoms with Crippen LogP contribution in [0.3, 0.4) is 0 Å². The molecule has 0 aromatic carbocycles. The van der Waals surface area contributed by atoms with Gasteiger partial charge in [-0.25, -0.2) is 0 Å². The average Bonchev–Trinajstić information content (AvgIpc) is 2.66. The summed E-state index contributed by atoms with van der Waals surface area (Å²) in [5, 5.41) is 0. The van der Waals surface area contributed by atoms with Gasteiger partial charge < -0.3 is 9.64 Å².